The van der Waals surface area contributed by atoms with Gasteiger partial charge in [0.1, 0.15) is 0 Å². The lowest BCUT2D eigenvalue weighted by Crippen LogP contribution is -2.35. The van der Waals surface area contributed by atoms with Gasteiger partial charge in [-0.15, -0.1) is 0 Å². The number of aliphatic hydroxyl groups excluding tert-OH is 2. The van der Waals surface area contributed by atoms with Crippen molar-refractivity contribution in [1.29, 1.82) is 0 Å². The summed E-state index contributed by atoms with van der Waals surface area (Å²) in [5.41, 5.74) is 0. The molecule has 0 amide bonds. The Balaban J connectivity index is 3.48. The first-order valence-corrected chi connectivity index (χ1v) is 4.29. The van der Waals surface area contributed by atoms with Crippen LogP contribution in [0.2, 0.25) is 0 Å². The van der Waals surface area contributed by atoms with Gasteiger partial charge in [0.25, 0.3) is 0 Å². The van der Waals surface area contributed by atoms with Gasteiger partial charge in [-0.2, -0.15) is 0 Å². The molecule has 4 nitrogen and oxygen atoms in total. The average Bonchev–Trinajstić information content (AvgIpc) is 2.01. The molecule has 0 unspecified atom stereocenters. The van der Waals surface area contributed by atoms with Crippen LogP contribution in [0.3, 0.4) is 0 Å². The fourth-order valence-corrected chi connectivity index (χ4v) is 0.960. The highest BCUT2D eigenvalue weighted by molar-refractivity contribution is 4.57. The van der Waals surface area contributed by atoms with E-state index < -0.39 is 0 Å². The highest BCUT2D eigenvalue weighted by atomic mass is 16.3. The molecule has 0 aromatic carbocycles. The number of likely N-dealkylation sites (N-methyl/N-ethyl adjacent to an activating group) is 1. The van der Waals surface area contributed by atoms with Crippen molar-refractivity contribution in [3.8, 4) is 0 Å². The van der Waals surface area contributed by atoms with Gasteiger partial charge >= 0.3 is 0 Å². The smallest absolute Gasteiger partial charge is 0.0558 e. The van der Waals surface area contributed by atoms with Gasteiger partial charge in [-0.3, -0.25) is 4.90 Å². The van der Waals surface area contributed by atoms with Crippen molar-refractivity contribution in [3.05, 3.63) is 0 Å². The maximum absolute atomic E-state index is 8.69. The summed E-state index contributed by atoms with van der Waals surface area (Å²) >= 11 is 0. The van der Waals surface area contributed by atoms with E-state index in [0.717, 1.165) is 13.1 Å². The van der Waals surface area contributed by atoms with Crippen molar-refractivity contribution in [2.45, 2.75) is 0 Å². The summed E-state index contributed by atoms with van der Waals surface area (Å²) in [6.45, 7) is 3.47. The summed E-state index contributed by atoms with van der Waals surface area (Å²) in [4.78, 5) is 4.13. The van der Waals surface area contributed by atoms with Gasteiger partial charge in [0.2, 0.25) is 0 Å². The molecule has 0 spiro atoms. The van der Waals surface area contributed by atoms with E-state index in [0.29, 0.717) is 13.1 Å². The molecular weight excluding hydrogens is 156 g/mol. The molecule has 0 aliphatic rings. The molecule has 0 rings (SSSR count). The van der Waals surface area contributed by atoms with Gasteiger partial charge in [0.15, 0.2) is 0 Å². The summed E-state index contributed by atoms with van der Waals surface area (Å²) in [5, 5.41) is 17.4. The van der Waals surface area contributed by atoms with Gasteiger partial charge in [0, 0.05) is 26.2 Å². The minimum atomic E-state index is 0.160. The van der Waals surface area contributed by atoms with Crippen LogP contribution in [0, 0.1) is 0 Å². The second-order valence-electron chi connectivity index (χ2n) is 3.09. The molecule has 0 aromatic heterocycles. The number of rotatable bonds is 7. The molecule has 0 heterocycles. The van der Waals surface area contributed by atoms with Crippen LogP contribution >= 0.6 is 0 Å². The first-order valence-electron chi connectivity index (χ1n) is 4.29. The molecule has 0 radical (unpaired) electrons. The molecule has 0 bridgehead atoms. The van der Waals surface area contributed by atoms with Gasteiger partial charge in [-0.25, -0.2) is 0 Å². The van der Waals surface area contributed by atoms with Crippen LogP contribution in [0.1, 0.15) is 0 Å². The number of nitrogens with zero attached hydrogens (tertiary/aromatic N) is 2. The van der Waals surface area contributed by atoms with Crippen molar-refractivity contribution in [3.63, 3.8) is 0 Å². The molecule has 0 fully saturated rings. The monoisotopic (exact) mass is 176 g/mol. The Labute approximate surface area is 74.4 Å². The van der Waals surface area contributed by atoms with E-state index in [1.165, 1.54) is 0 Å². The number of hydrogen-bond acceptors (Lipinski definition) is 4. The lowest BCUT2D eigenvalue weighted by molar-refractivity contribution is 0.152. The number of aliphatic hydroxyl groups is 2. The quantitative estimate of drug-likeness (QED) is 0.513. The van der Waals surface area contributed by atoms with Gasteiger partial charge in [0.05, 0.1) is 13.2 Å². The predicted molar refractivity (Wildman–Crippen MR) is 49.2 cm³/mol. The molecule has 0 aromatic rings. The van der Waals surface area contributed by atoms with E-state index in [2.05, 4.69) is 4.90 Å². The van der Waals surface area contributed by atoms with Crippen LogP contribution in [0.4, 0.5) is 0 Å². The molecule has 12 heavy (non-hydrogen) atoms. The highest BCUT2D eigenvalue weighted by Gasteiger charge is 2.02. The van der Waals surface area contributed by atoms with Crippen LogP contribution in [-0.2, 0) is 0 Å². The van der Waals surface area contributed by atoms with E-state index in [1.54, 1.807) is 0 Å². The third-order valence-corrected chi connectivity index (χ3v) is 1.70. The van der Waals surface area contributed by atoms with Crippen molar-refractivity contribution < 1.29 is 10.2 Å². The summed E-state index contributed by atoms with van der Waals surface area (Å²) in [6, 6.07) is 0. The van der Waals surface area contributed by atoms with Crippen molar-refractivity contribution >= 4 is 0 Å². The molecular formula is C8H20N2O2. The first-order chi connectivity index (χ1) is 5.70. The van der Waals surface area contributed by atoms with Gasteiger partial charge < -0.3 is 15.1 Å². The lowest BCUT2D eigenvalue weighted by atomic mass is 10.4. The Hall–Kier alpha value is -0.160. The molecule has 0 aliphatic carbocycles. The SMILES string of the molecule is CN(C)CCN(CCO)CCO. The van der Waals surface area contributed by atoms with Crippen LogP contribution in [0.5, 0.6) is 0 Å². The van der Waals surface area contributed by atoms with Crippen molar-refractivity contribution in [1.82, 2.24) is 9.80 Å². The Kier molecular flexibility index (Phi) is 7.39. The average molecular weight is 176 g/mol. The van der Waals surface area contributed by atoms with Crippen LogP contribution in [0.25, 0.3) is 0 Å². The molecule has 0 saturated heterocycles. The summed E-state index contributed by atoms with van der Waals surface area (Å²) < 4.78 is 0. The van der Waals surface area contributed by atoms with Crippen LogP contribution < -0.4 is 0 Å². The predicted octanol–water partition coefficient (Wildman–Crippen LogP) is -1.17. The second kappa shape index (κ2) is 7.49. The van der Waals surface area contributed by atoms with Crippen molar-refractivity contribution in [2.75, 3.05) is 53.5 Å². The zero-order valence-corrected chi connectivity index (χ0v) is 8.03. The van der Waals surface area contributed by atoms with Crippen LogP contribution in [0.15, 0.2) is 0 Å². The van der Waals surface area contributed by atoms with Gasteiger partial charge in [-0.1, -0.05) is 0 Å². The Bertz CT molecular complexity index is 93.1. The second-order valence-corrected chi connectivity index (χ2v) is 3.09. The minimum absolute atomic E-state index is 0.160. The number of hydrogen-bond donors (Lipinski definition) is 2. The maximum atomic E-state index is 8.69. The molecule has 2 N–H and O–H groups in total. The fraction of sp³-hybridized carbons (Fsp3) is 1.00. The maximum Gasteiger partial charge on any atom is 0.0558 e. The third-order valence-electron chi connectivity index (χ3n) is 1.70. The summed E-state index contributed by atoms with van der Waals surface area (Å²) in [6.07, 6.45) is 0. The van der Waals surface area contributed by atoms with Crippen molar-refractivity contribution in [2.24, 2.45) is 0 Å². The topological polar surface area (TPSA) is 46.9 Å². The zero-order valence-electron chi connectivity index (χ0n) is 8.03. The first kappa shape index (κ1) is 11.8. The minimum Gasteiger partial charge on any atom is -0.395 e. The molecule has 0 saturated carbocycles. The Morgan fingerprint density at radius 3 is 1.67 bits per heavy atom. The Morgan fingerprint density at radius 2 is 1.33 bits per heavy atom. The Morgan fingerprint density at radius 1 is 0.833 bits per heavy atom. The highest BCUT2D eigenvalue weighted by Crippen LogP contribution is 1.87. The van der Waals surface area contributed by atoms with E-state index in [4.69, 9.17) is 10.2 Å². The zero-order chi connectivity index (χ0) is 9.40. The van der Waals surface area contributed by atoms with E-state index in [1.807, 2.05) is 19.0 Å². The lowest BCUT2D eigenvalue weighted by Gasteiger charge is -2.21. The van der Waals surface area contributed by atoms with E-state index in [-0.39, 0.29) is 13.2 Å². The summed E-state index contributed by atoms with van der Waals surface area (Å²) in [5.74, 6) is 0. The van der Waals surface area contributed by atoms with Crippen LogP contribution in [-0.4, -0.2) is 73.5 Å². The van der Waals surface area contributed by atoms with E-state index >= 15 is 0 Å². The normalized spacial score (nSPS) is 11.5. The molecule has 4 heteroatoms. The molecule has 0 atom stereocenters. The molecule has 0 aliphatic heterocycles. The summed E-state index contributed by atoms with van der Waals surface area (Å²) in [7, 11) is 4.02. The standard InChI is InChI=1S/C8H20N2O2/c1-9(2)3-4-10(5-7-11)6-8-12/h11-12H,3-8H2,1-2H3. The third kappa shape index (κ3) is 6.54. The molecule has 74 valence electrons. The largest absolute Gasteiger partial charge is 0.395 e. The van der Waals surface area contributed by atoms with E-state index in [9.17, 15) is 0 Å². The fourth-order valence-electron chi connectivity index (χ4n) is 0.960. The van der Waals surface area contributed by atoms with Gasteiger partial charge in [-0.05, 0) is 14.1 Å².